The van der Waals surface area contributed by atoms with E-state index in [0.717, 1.165) is 32.5 Å². The van der Waals surface area contributed by atoms with Crippen molar-refractivity contribution < 1.29 is 14.6 Å². The van der Waals surface area contributed by atoms with E-state index >= 15 is 0 Å². The molecule has 1 fully saturated rings. The third-order valence-corrected chi connectivity index (χ3v) is 3.03. The van der Waals surface area contributed by atoms with Crippen LogP contribution in [0.4, 0.5) is 0 Å². The van der Waals surface area contributed by atoms with Gasteiger partial charge in [-0.15, -0.1) is 0 Å². The fraction of sp³-hybridized carbons (Fsp3) is 0.909. The Balaban J connectivity index is 2.14. The highest BCUT2D eigenvalue weighted by molar-refractivity contribution is 5.69. The number of esters is 1. The molecule has 1 N–H and O–H groups in total. The van der Waals surface area contributed by atoms with Gasteiger partial charge in [-0.1, -0.05) is 6.92 Å². The van der Waals surface area contributed by atoms with Crippen LogP contribution in [0.15, 0.2) is 0 Å². The second-order valence-electron chi connectivity index (χ2n) is 4.31. The predicted octanol–water partition coefficient (Wildman–Crippen LogP) is 0.642. The highest BCUT2D eigenvalue weighted by atomic mass is 16.5. The SMILES string of the molecule is COC(=O)CCCN1CCC(O)C(C)C1. The molecule has 15 heavy (non-hydrogen) atoms. The monoisotopic (exact) mass is 215 g/mol. The van der Waals surface area contributed by atoms with Crippen LogP contribution in [0.3, 0.4) is 0 Å². The third kappa shape index (κ3) is 4.18. The number of hydrogen-bond acceptors (Lipinski definition) is 4. The van der Waals surface area contributed by atoms with Crippen molar-refractivity contribution in [2.45, 2.75) is 32.3 Å². The summed E-state index contributed by atoms with van der Waals surface area (Å²) in [5.41, 5.74) is 0. The van der Waals surface area contributed by atoms with Gasteiger partial charge in [0.15, 0.2) is 0 Å². The van der Waals surface area contributed by atoms with E-state index in [4.69, 9.17) is 0 Å². The number of hydrogen-bond donors (Lipinski definition) is 1. The van der Waals surface area contributed by atoms with Crippen LogP contribution in [-0.2, 0) is 9.53 Å². The van der Waals surface area contributed by atoms with Gasteiger partial charge in [0.05, 0.1) is 13.2 Å². The van der Waals surface area contributed by atoms with Gasteiger partial charge in [-0.3, -0.25) is 4.79 Å². The summed E-state index contributed by atoms with van der Waals surface area (Å²) in [6, 6.07) is 0. The Morgan fingerprint density at radius 1 is 1.60 bits per heavy atom. The molecular weight excluding hydrogens is 194 g/mol. The number of methoxy groups -OCH3 is 1. The lowest BCUT2D eigenvalue weighted by Crippen LogP contribution is -2.42. The molecule has 4 heteroatoms. The normalized spacial score (nSPS) is 27.7. The van der Waals surface area contributed by atoms with Gasteiger partial charge in [0.25, 0.3) is 0 Å². The summed E-state index contributed by atoms with van der Waals surface area (Å²) in [6.07, 6.45) is 2.03. The maximum Gasteiger partial charge on any atom is 0.305 e. The molecule has 1 saturated heterocycles. The molecule has 1 aliphatic heterocycles. The maximum atomic E-state index is 10.9. The number of ether oxygens (including phenoxy) is 1. The van der Waals surface area contributed by atoms with E-state index in [-0.39, 0.29) is 12.1 Å². The largest absolute Gasteiger partial charge is 0.469 e. The molecule has 0 aromatic rings. The van der Waals surface area contributed by atoms with Crippen molar-refractivity contribution in [3.05, 3.63) is 0 Å². The molecule has 0 aliphatic carbocycles. The first kappa shape index (κ1) is 12.5. The smallest absolute Gasteiger partial charge is 0.305 e. The van der Waals surface area contributed by atoms with Crippen LogP contribution < -0.4 is 0 Å². The number of aliphatic hydroxyl groups is 1. The lowest BCUT2D eigenvalue weighted by Gasteiger charge is -2.34. The molecule has 2 atom stereocenters. The van der Waals surface area contributed by atoms with E-state index in [1.807, 2.05) is 0 Å². The summed E-state index contributed by atoms with van der Waals surface area (Å²) < 4.78 is 4.58. The Bertz CT molecular complexity index is 208. The van der Waals surface area contributed by atoms with Gasteiger partial charge in [0.2, 0.25) is 0 Å². The van der Waals surface area contributed by atoms with Crippen molar-refractivity contribution in [3.63, 3.8) is 0 Å². The van der Waals surface area contributed by atoms with Crippen LogP contribution in [0.25, 0.3) is 0 Å². The minimum atomic E-state index is -0.151. The number of rotatable bonds is 4. The fourth-order valence-electron chi connectivity index (χ4n) is 1.97. The summed E-state index contributed by atoms with van der Waals surface area (Å²) in [5, 5.41) is 9.55. The first-order valence-electron chi connectivity index (χ1n) is 5.60. The van der Waals surface area contributed by atoms with Crippen molar-refractivity contribution >= 4 is 5.97 Å². The van der Waals surface area contributed by atoms with Crippen molar-refractivity contribution in [1.29, 1.82) is 0 Å². The molecule has 0 bridgehead atoms. The zero-order valence-corrected chi connectivity index (χ0v) is 9.61. The molecule has 0 aromatic carbocycles. The highest BCUT2D eigenvalue weighted by Gasteiger charge is 2.23. The average molecular weight is 215 g/mol. The van der Waals surface area contributed by atoms with Crippen molar-refractivity contribution in [3.8, 4) is 0 Å². The highest BCUT2D eigenvalue weighted by Crippen LogP contribution is 2.16. The number of piperidine rings is 1. The van der Waals surface area contributed by atoms with Gasteiger partial charge < -0.3 is 14.7 Å². The first-order valence-corrected chi connectivity index (χ1v) is 5.60. The minimum Gasteiger partial charge on any atom is -0.469 e. The van der Waals surface area contributed by atoms with E-state index in [1.165, 1.54) is 7.11 Å². The van der Waals surface area contributed by atoms with Crippen LogP contribution in [0.2, 0.25) is 0 Å². The molecule has 0 aromatic heterocycles. The van der Waals surface area contributed by atoms with Crippen LogP contribution >= 0.6 is 0 Å². The molecule has 0 amide bonds. The molecular formula is C11H21NO3. The van der Waals surface area contributed by atoms with Gasteiger partial charge in [0, 0.05) is 19.5 Å². The van der Waals surface area contributed by atoms with Gasteiger partial charge in [0.1, 0.15) is 0 Å². The van der Waals surface area contributed by atoms with E-state index < -0.39 is 0 Å². The Morgan fingerprint density at radius 2 is 2.33 bits per heavy atom. The number of carbonyl (C=O) groups excluding carboxylic acids is 1. The third-order valence-electron chi connectivity index (χ3n) is 3.03. The topological polar surface area (TPSA) is 49.8 Å². The van der Waals surface area contributed by atoms with E-state index in [9.17, 15) is 9.90 Å². The lowest BCUT2D eigenvalue weighted by atomic mass is 9.96. The molecule has 2 unspecified atom stereocenters. The second-order valence-corrected chi connectivity index (χ2v) is 4.31. The molecule has 0 saturated carbocycles. The molecule has 0 spiro atoms. The molecule has 88 valence electrons. The summed E-state index contributed by atoms with van der Waals surface area (Å²) in [6.45, 7) is 4.86. The standard InChI is InChI=1S/C11H21NO3/c1-9-8-12(7-5-10(9)13)6-3-4-11(14)15-2/h9-10,13H,3-8H2,1-2H3. The Labute approximate surface area is 91.2 Å². The number of aliphatic hydroxyl groups excluding tert-OH is 1. The van der Waals surface area contributed by atoms with Crippen molar-refractivity contribution in [2.24, 2.45) is 5.92 Å². The number of nitrogens with zero attached hydrogens (tertiary/aromatic N) is 1. The van der Waals surface area contributed by atoms with Crippen LogP contribution in [0.1, 0.15) is 26.2 Å². The van der Waals surface area contributed by atoms with Gasteiger partial charge in [-0.05, 0) is 25.3 Å². The summed E-state index contributed by atoms with van der Waals surface area (Å²) >= 11 is 0. The van der Waals surface area contributed by atoms with Crippen LogP contribution in [0, 0.1) is 5.92 Å². The van der Waals surface area contributed by atoms with Crippen molar-refractivity contribution in [2.75, 3.05) is 26.7 Å². The second kappa shape index (κ2) is 6.08. The van der Waals surface area contributed by atoms with E-state index in [0.29, 0.717) is 12.3 Å². The Morgan fingerprint density at radius 3 is 2.93 bits per heavy atom. The summed E-state index contributed by atoms with van der Waals surface area (Å²) in [7, 11) is 1.42. The van der Waals surface area contributed by atoms with E-state index in [1.54, 1.807) is 0 Å². The summed E-state index contributed by atoms with van der Waals surface area (Å²) in [4.78, 5) is 13.2. The molecule has 0 radical (unpaired) electrons. The maximum absolute atomic E-state index is 10.9. The van der Waals surface area contributed by atoms with Gasteiger partial charge in [-0.2, -0.15) is 0 Å². The molecule has 1 heterocycles. The lowest BCUT2D eigenvalue weighted by molar-refractivity contribution is -0.140. The quantitative estimate of drug-likeness (QED) is 0.699. The Hall–Kier alpha value is -0.610. The van der Waals surface area contributed by atoms with Gasteiger partial charge in [-0.25, -0.2) is 0 Å². The zero-order chi connectivity index (χ0) is 11.3. The number of carbonyl (C=O) groups is 1. The Kier molecular flexibility index (Phi) is 5.05. The number of likely N-dealkylation sites (tertiary alicyclic amines) is 1. The van der Waals surface area contributed by atoms with Gasteiger partial charge >= 0.3 is 5.97 Å². The van der Waals surface area contributed by atoms with E-state index in [2.05, 4.69) is 16.6 Å². The summed E-state index contributed by atoms with van der Waals surface area (Å²) in [5.74, 6) is 0.206. The predicted molar refractivity (Wildman–Crippen MR) is 57.5 cm³/mol. The molecule has 1 rings (SSSR count). The first-order chi connectivity index (χ1) is 7.13. The average Bonchev–Trinajstić information content (AvgIpc) is 2.23. The molecule has 1 aliphatic rings. The van der Waals surface area contributed by atoms with Crippen molar-refractivity contribution in [1.82, 2.24) is 4.90 Å². The minimum absolute atomic E-state index is 0.139. The van der Waals surface area contributed by atoms with Crippen LogP contribution in [-0.4, -0.2) is 48.8 Å². The van der Waals surface area contributed by atoms with Crippen LogP contribution in [0.5, 0.6) is 0 Å². The zero-order valence-electron chi connectivity index (χ0n) is 9.61. The fourth-order valence-corrected chi connectivity index (χ4v) is 1.97. The molecule has 4 nitrogen and oxygen atoms in total.